The van der Waals surface area contributed by atoms with E-state index in [0.717, 1.165) is 5.69 Å². The first-order valence-corrected chi connectivity index (χ1v) is 7.04. The number of amides is 1. The zero-order valence-corrected chi connectivity index (χ0v) is 11.3. The molecule has 0 bridgehead atoms. The molecule has 1 amide bonds. The summed E-state index contributed by atoms with van der Waals surface area (Å²) >= 11 is 1.43. The standard InChI is InChI=1S/C14H13FN2OS/c1-8-6-10(15)4-5-11(8)13(18)17-14-16-12(7-19-14)9-2-3-9/h4-7,9H,2-3H2,1H3,(H,16,17,18). The summed E-state index contributed by atoms with van der Waals surface area (Å²) in [5, 5.41) is 5.37. The lowest BCUT2D eigenvalue weighted by Crippen LogP contribution is -2.13. The van der Waals surface area contributed by atoms with E-state index >= 15 is 0 Å². The molecule has 3 rings (SSSR count). The van der Waals surface area contributed by atoms with Gasteiger partial charge in [0.25, 0.3) is 5.91 Å². The van der Waals surface area contributed by atoms with Gasteiger partial charge >= 0.3 is 0 Å². The van der Waals surface area contributed by atoms with Crippen molar-refractivity contribution in [1.29, 1.82) is 0 Å². The van der Waals surface area contributed by atoms with Crippen LogP contribution in [0.4, 0.5) is 9.52 Å². The van der Waals surface area contributed by atoms with Gasteiger partial charge in [-0.25, -0.2) is 9.37 Å². The van der Waals surface area contributed by atoms with E-state index < -0.39 is 0 Å². The third kappa shape index (κ3) is 2.66. The smallest absolute Gasteiger partial charge is 0.257 e. The molecule has 1 aromatic carbocycles. The molecule has 0 atom stereocenters. The highest BCUT2D eigenvalue weighted by atomic mass is 32.1. The van der Waals surface area contributed by atoms with Crippen molar-refractivity contribution in [2.24, 2.45) is 0 Å². The van der Waals surface area contributed by atoms with Gasteiger partial charge in [0.1, 0.15) is 5.82 Å². The predicted octanol–water partition coefficient (Wildman–Crippen LogP) is 3.72. The van der Waals surface area contributed by atoms with Crippen molar-refractivity contribution in [3.8, 4) is 0 Å². The number of nitrogens with one attached hydrogen (secondary N) is 1. The Hall–Kier alpha value is -1.75. The second kappa shape index (κ2) is 4.74. The van der Waals surface area contributed by atoms with Gasteiger partial charge in [-0.1, -0.05) is 0 Å². The maximum atomic E-state index is 13.0. The normalized spacial score (nSPS) is 14.4. The maximum Gasteiger partial charge on any atom is 0.257 e. The Morgan fingerprint density at radius 3 is 2.95 bits per heavy atom. The van der Waals surface area contributed by atoms with Crippen molar-refractivity contribution in [2.45, 2.75) is 25.7 Å². The Morgan fingerprint density at radius 2 is 2.26 bits per heavy atom. The van der Waals surface area contributed by atoms with E-state index in [0.29, 0.717) is 22.2 Å². The van der Waals surface area contributed by atoms with Crippen molar-refractivity contribution >= 4 is 22.4 Å². The molecular formula is C14H13FN2OS. The number of rotatable bonds is 3. The van der Waals surface area contributed by atoms with E-state index in [2.05, 4.69) is 10.3 Å². The van der Waals surface area contributed by atoms with Crippen molar-refractivity contribution in [3.05, 3.63) is 46.2 Å². The molecule has 1 N–H and O–H groups in total. The number of nitrogens with zero attached hydrogens (tertiary/aromatic N) is 1. The average molecular weight is 276 g/mol. The van der Waals surface area contributed by atoms with E-state index in [4.69, 9.17) is 0 Å². The molecule has 1 saturated carbocycles. The number of benzene rings is 1. The maximum absolute atomic E-state index is 13.0. The number of carbonyl (C=O) groups excluding carboxylic acids is 1. The molecule has 19 heavy (non-hydrogen) atoms. The molecule has 2 aromatic rings. The van der Waals surface area contributed by atoms with E-state index in [1.54, 1.807) is 6.92 Å². The van der Waals surface area contributed by atoms with Gasteiger partial charge in [-0.05, 0) is 43.5 Å². The largest absolute Gasteiger partial charge is 0.298 e. The van der Waals surface area contributed by atoms with Gasteiger partial charge in [0.15, 0.2) is 5.13 Å². The number of carbonyl (C=O) groups is 1. The summed E-state index contributed by atoms with van der Waals surface area (Å²) in [6, 6.07) is 4.14. The predicted molar refractivity (Wildman–Crippen MR) is 73.2 cm³/mol. The Kier molecular flexibility index (Phi) is 3.06. The molecule has 0 unspecified atom stereocenters. The van der Waals surface area contributed by atoms with Crippen molar-refractivity contribution in [2.75, 3.05) is 5.32 Å². The number of anilines is 1. The third-order valence-electron chi connectivity index (χ3n) is 3.17. The Bertz CT molecular complexity index is 634. The molecule has 1 heterocycles. The van der Waals surface area contributed by atoms with Crippen LogP contribution < -0.4 is 5.32 Å². The van der Waals surface area contributed by atoms with Crippen molar-refractivity contribution in [3.63, 3.8) is 0 Å². The van der Waals surface area contributed by atoms with Crippen LogP contribution in [0, 0.1) is 12.7 Å². The third-order valence-corrected chi connectivity index (χ3v) is 3.95. The lowest BCUT2D eigenvalue weighted by Gasteiger charge is -2.05. The number of halogens is 1. The van der Waals surface area contributed by atoms with Gasteiger partial charge < -0.3 is 0 Å². The van der Waals surface area contributed by atoms with Crippen molar-refractivity contribution in [1.82, 2.24) is 4.98 Å². The van der Waals surface area contributed by atoms with Crippen LogP contribution in [-0.4, -0.2) is 10.9 Å². The van der Waals surface area contributed by atoms with Crippen LogP contribution in [0.2, 0.25) is 0 Å². The quantitative estimate of drug-likeness (QED) is 0.928. The molecule has 1 aromatic heterocycles. The monoisotopic (exact) mass is 276 g/mol. The summed E-state index contributed by atoms with van der Waals surface area (Å²) in [6.45, 7) is 1.72. The number of aryl methyl sites for hydroxylation is 1. The molecule has 0 aliphatic heterocycles. The minimum Gasteiger partial charge on any atom is -0.298 e. The number of thiazole rings is 1. The minimum atomic E-state index is -0.334. The summed E-state index contributed by atoms with van der Waals surface area (Å²) in [6.07, 6.45) is 2.38. The zero-order chi connectivity index (χ0) is 13.4. The summed E-state index contributed by atoms with van der Waals surface area (Å²) in [5.74, 6) is 0.00275. The first-order valence-electron chi connectivity index (χ1n) is 6.16. The fraction of sp³-hybridized carbons (Fsp3) is 0.286. The second-order valence-electron chi connectivity index (χ2n) is 4.77. The molecule has 1 aliphatic carbocycles. The van der Waals surface area contributed by atoms with Gasteiger partial charge in [0.05, 0.1) is 5.69 Å². The zero-order valence-electron chi connectivity index (χ0n) is 10.4. The Morgan fingerprint density at radius 1 is 1.47 bits per heavy atom. The first kappa shape index (κ1) is 12.3. The van der Waals surface area contributed by atoms with Crippen LogP contribution in [0.3, 0.4) is 0 Å². The SMILES string of the molecule is Cc1cc(F)ccc1C(=O)Nc1nc(C2CC2)cs1. The molecule has 0 spiro atoms. The van der Waals surface area contributed by atoms with Crippen LogP contribution >= 0.6 is 11.3 Å². The number of aromatic nitrogens is 1. The summed E-state index contributed by atoms with van der Waals surface area (Å²) < 4.78 is 13.0. The van der Waals surface area contributed by atoms with Crippen LogP contribution in [0.25, 0.3) is 0 Å². The summed E-state index contributed by atoms with van der Waals surface area (Å²) in [4.78, 5) is 16.5. The molecule has 0 radical (unpaired) electrons. The summed E-state index contributed by atoms with van der Waals surface area (Å²) in [5.41, 5.74) is 2.16. The van der Waals surface area contributed by atoms with Crippen molar-refractivity contribution < 1.29 is 9.18 Å². The first-order chi connectivity index (χ1) is 9.13. The van der Waals surface area contributed by atoms with Gasteiger partial charge in [0, 0.05) is 16.9 Å². The fourth-order valence-corrected chi connectivity index (χ4v) is 2.74. The molecule has 1 fully saturated rings. The lowest BCUT2D eigenvalue weighted by molar-refractivity contribution is 0.102. The van der Waals surface area contributed by atoms with E-state index in [1.807, 2.05) is 5.38 Å². The van der Waals surface area contributed by atoms with Crippen LogP contribution in [0.15, 0.2) is 23.6 Å². The van der Waals surface area contributed by atoms with Crippen LogP contribution in [0.1, 0.15) is 40.4 Å². The van der Waals surface area contributed by atoms with Crippen LogP contribution in [0.5, 0.6) is 0 Å². The van der Waals surface area contributed by atoms with Gasteiger partial charge in [-0.15, -0.1) is 11.3 Å². The van der Waals surface area contributed by atoms with E-state index in [1.165, 1.54) is 42.4 Å². The minimum absolute atomic E-state index is 0.241. The highest BCUT2D eigenvalue weighted by Gasteiger charge is 2.26. The molecule has 98 valence electrons. The average Bonchev–Trinajstić information content (AvgIpc) is 3.10. The molecular weight excluding hydrogens is 263 g/mol. The summed E-state index contributed by atoms with van der Waals surface area (Å²) in [7, 11) is 0. The number of hydrogen-bond donors (Lipinski definition) is 1. The number of hydrogen-bond acceptors (Lipinski definition) is 3. The fourth-order valence-electron chi connectivity index (χ4n) is 1.96. The second-order valence-corrected chi connectivity index (χ2v) is 5.62. The van der Waals surface area contributed by atoms with Gasteiger partial charge in [-0.3, -0.25) is 10.1 Å². The molecule has 1 aliphatic rings. The highest BCUT2D eigenvalue weighted by molar-refractivity contribution is 7.14. The highest BCUT2D eigenvalue weighted by Crippen LogP contribution is 2.40. The molecule has 0 saturated heterocycles. The van der Waals surface area contributed by atoms with Crippen LogP contribution in [-0.2, 0) is 0 Å². The molecule has 5 heteroatoms. The Balaban J connectivity index is 1.76. The Labute approximate surface area is 114 Å². The lowest BCUT2D eigenvalue weighted by atomic mass is 10.1. The van der Waals surface area contributed by atoms with E-state index in [-0.39, 0.29) is 11.7 Å². The van der Waals surface area contributed by atoms with Gasteiger partial charge in [-0.2, -0.15) is 0 Å². The molecule has 3 nitrogen and oxygen atoms in total. The van der Waals surface area contributed by atoms with E-state index in [9.17, 15) is 9.18 Å². The van der Waals surface area contributed by atoms with Gasteiger partial charge in [0.2, 0.25) is 0 Å². The topological polar surface area (TPSA) is 42.0 Å².